The van der Waals surface area contributed by atoms with Gasteiger partial charge in [-0.05, 0) is 24.4 Å². The molecule has 0 N–H and O–H groups in total. The maximum atomic E-state index is 13.0. The second-order valence-corrected chi connectivity index (χ2v) is 10.0. The molecule has 1 aliphatic heterocycles. The quantitative estimate of drug-likeness (QED) is 0.812. The Kier molecular flexibility index (Phi) is 4.53. The van der Waals surface area contributed by atoms with E-state index >= 15 is 0 Å². The van der Waals surface area contributed by atoms with Crippen molar-refractivity contribution < 1.29 is 8.42 Å². The Morgan fingerprint density at radius 3 is 2.12 bits per heavy atom. The highest BCUT2D eigenvalue weighted by atomic mass is 32.2. The van der Waals surface area contributed by atoms with E-state index in [1.165, 1.54) is 5.56 Å². The highest BCUT2D eigenvalue weighted by Crippen LogP contribution is 2.64. The van der Waals surface area contributed by atoms with Gasteiger partial charge < -0.3 is 4.90 Å². The van der Waals surface area contributed by atoms with E-state index in [-0.39, 0.29) is 10.8 Å². The molecule has 1 saturated carbocycles. The highest BCUT2D eigenvalue weighted by molar-refractivity contribution is 7.86. The van der Waals surface area contributed by atoms with Crippen LogP contribution in [0.5, 0.6) is 0 Å². The van der Waals surface area contributed by atoms with Crippen LogP contribution in [-0.2, 0) is 15.6 Å². The maximum absolute atomic E-state index is 13.0. The van der Waals surface area contributed by atoms with Gasteiger partial charge in [0.15, 0.2) is 0 Å². The van der Waals surface area contributed by atoms with Crippen molar-refractivity contribution in [3.05, 3.63) is 35.9 Å². The van der Waals surface area contributed by atoms with Crippen molar-refractivity contribution in [3.63, 3.8) is 0 Å². The lowest BCUT2D eigenvalue weighted by atomic mass is 9.88. The molecule has 1 aliphatic carbocycles. The van der Waals surface area contributed by atoms with Crippen molar-refractivity contribution in [2.75, 3.05) is 46.8 Å². The molecule has 0 amide bonds. The number of hydrogen-bond acceptors (Lipinski definition) is 3. The Morgan fingerprint density at radius 1 is 1.08 bits per heavy atom. The Labute approximate surface area is 146 Å². The molecular weight excluding hydrogens is 322 g/mol. The molecule has 1 heterocycles. The first-order valence-electron chi connectivity index (χ1n) is 8.65. The van der Waals surface area contributed by atoms with E-state index in [9.17, 15) is 8.42 Å². The topological polar surface area (TPSA) is 43.9 Å². The summed E-state index contributed by atoms with van der Waals surface area (Å²) in [5.41, 5.74) is 1.29. The molecule has 24 heavy (non-hydrogen) atoms. The summed E-state index contributed by atoms with van der Waals surface area (Å²) in [6.07, 6.45) is 1.02. The molecule has 1 saturated heterocycles. The van der Waals surface area contributed by atoms with Gasteiger partial charge >= 0.3 is 0 Å². The van der Waals surface area contributed by atoms with Crippen molar-refractivity contribution in [1.82, 2.24) is 13.5 Å². The molecule has 0 unspecified atom stereocenters. The van der Waals surface area contributed by atoms with Crippen molar-refractivity contribution in [2.24, 2.45) is 5.41 Å². The summed E-state index contributed by atoms with van der Waals surface area (Å²) in [5.74, 6) is 0. The number of hydrogen-bond donors (Lipinski definition) is 0. The number of nitrogens with zero attached hydrogens (tertiary/aromatic N) is 3. The summed E-state index contributed by atoms with van der Waals surface area (Å²) >= 11 is 0. The Bertz CT molecular complexity index is 681. The summed E-state index contributed by atoms with van der Waals surface area (Å²) in [6.45, 7) is 7.74. The van der Waals surface area contributed by atoms with Crippen LogP contribution >= 0.6 is 0 Å². The normalized spacial score (nSPS) is 28.2. The molecule has 6 heteroatoms. The largest absolute Gasteiger partial charge is 0.304 e. The van der Waals surface area contributed by atoms with Crippen LogP contribution in [0.4, 0.5) is 0 Å². The fourth-order valence-corrected chi connectivity index (χ4v) is 5.40. The van der Waals surface area contributed by atoms with Gasteiger partial charge in [0, 0.05) is 45.2 Å². The van der Waals surface area contributed by atoms with E-state index in [4.69, 9.17) is 0 Å². The molecule has 0 aromatic heterocycles. The fraction of sp³-hybridized carbons (Fsp3) is 0.667. The van der Waals surface area contributed by atoms with Crippen LogP contribution in [0.25, 0.3) is 0 Å². The molecule has 1 aromatic carbocycles. The van der Waals surface area contributed by atoms with Crippen molar-refractivity contribution >= 4 is 10.2 Å². The molecule has 1 atom stereocenters. The van der Waals surface area contributed by atoms with Crippen LogP contribution < -0.4 is 0 Å². The van der Waals surface area contributed by atoms with Gasteiger partial charge in [0.05, 0.1) is 0 Å². The van der Waals surface area contributed by atoms with Crippen LogP contribution in [-0.4, -0.2) is 68.7 Å². The third kappa shape index (κ3) is 3.01. The maximum Gasteiger partial charge on any atom is 0.281 e. The molecule has 1 aromatic rings. The summed E-state index contributed by atoms with van der Waals surface area (Å²) < 4.78 is 29.1. The lowest BCUT2D eigenvalue weighted by Gasteiger charge is -2.35. The summed E-state index contributed by atoms with van der Waals surface area (Å²) in [7, 11) is 0.365. The summed E-state index contributed by atoms with van der Waals surface area (Å²) in [4.78, 5) is 2.17. The number of rotatable bonds is 5. The van der Waals surface area contributed by atoms with Crippen molar-refractivity contribution in [1.29, 1.82) is 0 Å². The summed E-state index contributed by atoms with van der Waals surface area (Å²) in [5, 5.41) is 0. The SMILES string of the molecule is CN1CCN(S(=O)(=O)N(C)C[C@]2(c3ccccc3)CC2(C)C)CC1. The lowest BCUT2D eigenvalue weighted by molar-refractivity contribution is 0.212. The molecule has 134 valence electrons. The zero-order valence-corrected chi connectivity index (χ0v) is 16.0. The highest BCUT2D eigenvalue weighted by Gasteiger charge is 2.62. The van der Waals surface area contributed by atoms with Crippen molar-refractivity contribution in [3.8, 4) is 0 Å². The van der Waals surface area contributed by atoms with Crippen LogP contribution in [0.15, 0.2) is 30.3 Å². The van der Waals surface area contributed by atoms with E-state index < -0.39 is 10.2 Å². The Morgan fingerprint density at radius 2 is 1.62 bits per heavy atom. The molecular formula is C18H29N3O2S. The zero-order chi connectivity index (χ0) is 17.6. The molecule has 0 bridgehead atoms. The van der Waals surface area contributed by atoms with Gasteiger partial charge in [-0.1, -0.05) is 44.2 Å². The smallest absolute Gasteiger partial charge is 0.281 e. The molecule has 2 aliphatic rings. The number of likely N-dealkylation sites (N-methyl/N-ethyl adjacent to an activating group) is 2. The van der Waals surface area contributed by atoms with Crippen LogP contribution in [0.1, 0.15) is 25.8 Å². The van der Waals surface area contributed by atoms with E-state index in [1.54, 1.807) is 15.7 Å². The van der Waals surface area contributed by atoms with Crippen LogP contribution in [0, 0.1) is 5.41 Å². The molecule has 0 spiro atoms. The van der Waals surface area contributed by atoms with E-state index in [0.717, 1.165) is 19.5 Å². The van der Waals surface area contributed by atoms with E-state index in [2.05, 4.69) is 30.9 Å². The third-order valence-electron chi connectivity index (χ3n) is 5.92. The van der Waals surface area contributed by atoms with E-state index in [0.29, 0.717) is 19.6 Å². The first kappa shape index (κ1) is 17.9. The minimum Gasteiger partial charge on any atom is -0.304 e. The van der Waals surface area contributed by atoms with Crippen LogP contribution in [0.2, 0.25) is 0 Å². The third-order valence-corrected chi connectivity index (χ3v) is 7.85. The Balaban J connectivity index is 1.79. The van der Waals surface area contributed by atoms with Gasteiger partial charge in [-0.3, -0.25) is 0 Å². The van der Waals surface area contributed by atoms with Gasteiger partial charge in [0.25, 0.3) is 10.2 Å². The molecule has 5 nitrogen and oxygen atoms in total. The molecule has 3 rings (SSSR count). The minimum atomic E-state index is -3.40. The van der Waals surface area contributed by atoms with E-state index in [1.807, 2.05) is 25.2 Å². The van der Waals surface area contributed by atoms with Crippen molar-refractivity contribution in [2.45, 2.75) is 25.7 Å². The predicted molar refractivity (Wildman–Crippen MR) is 97.1 cm³/mol. The first-order valence-corrected chi connectivity index (χ1v) is 10.0. The van der Waals surface area contributed by atoms with Crippen LogP contribution in [0.3, 0.4) is 0 Å². The van der Waals surface area contributed by atoms with Gasteiger partial charge in [-0.15, -0.1) is 0 Å². The zero-order valence-electron chi connectivity index (χ0n) is 15.2. The molecule has 0 radical (unpaired) electrons. The first-order chi connectivity index (χ1) is 11.2. The average molecular weight is 352 g/mol. The summed E-state index contributed by atoms with van der Waals surface area (Å²) in [6, 6.07) is 10.4. The second-order valence-electron chi connectivity index (χ2n) is 7.97. The van der Waals surface area contributed by atoms with Gasteiger partial charge in [0.2, 0.25) is 0 Å². The number of piperazine rings is 1. The number of benzene rings is 1. The lowest BCUT2D eigenvalue weighted by Crippen LogP contribution is -2.52. The second kappa shape index (κ2) is 6.09. The van der Waals surface area contributed by atoms with Gasteiger partial charge in [-0.25, -0.2) is 0 Å². The monoisotopic (exact) mass is 351 g/mol. The molecule has 2 fully saturated rings. The minimum absolute atomic E-state index is 0.0807. The average Bonchev–Trinajstić information content (AvgIpc) is 3.10. The van der Waals surface area contributed by atoms with Gasteiger partial charge in [-0.2, -0.15) is 17.0 Å². The fourth-order valence-electron chi connectivity index (χ4n) is 4.00. The van der Waals surface area contributed by atoms with Gasteiger partial charge in [0.1, 0.15) is 0 Å². The Hall–Kier alpha value is -0.950. The predicted octanol–water partition coefficient (Wildman–Crippen LogP) is 1.78. The standard InChI is InChI=1S/C18H29N3O2S/c1-17(2)14-18(17,16-8-6-5-7-9-16)15-20(4)24(22,23)21-12-10-19(3)11-13-21/h5-9H,10-15H2,1-4H3/t18-/m0/s1.